The quantitative estimate of drug-likeness (QED) is 0.576. The first kappa shape index (κ1) is 16.9. The molecule has 3 aromatic heterocycles. The third kappa shape index (κ3) is 2.92. The highest BCUT2D eigenvalue weighted by molar-refractivity contribution is 5.93. The van der Waals surface area contributed by atoms with Crippen molar-refractivity contribution < 1.29 is 5.11 Å². The number of hydrogen-bond acceptors (Lipinski definition) is 5. The Labute approximate surface area is 162 Å². The maximum Gasteiger partial charge on any atom is 0.129 e. The molecule has 28 heavy (non-hydrogen) atoms. The lowest BCUT2D eigenvalue weighted by Gasteiger charge is -2.39. The lowest BCUT2D eigenvalue weighted by molar-refractivity contribution is 0.0113. The van der Waals surface area contributed by atoms with Crippen LogP contribution in [0.2, 0.25) is 0 Å². The number of para-hydroxylation sites is 1. The van der Waals surface area contributed by atoms with Gasteiger partial charge in [-0.25, -0.2) is 4.98 Å². The number of piperidine rings is 1. The maximum absolute atomic E-state index is 11.0. The summed E-state index contributed by atoms with van der Waals surface area (Å²) in [6, 6.07) is 16.0. The summed E-state index contributed by atoms with van der Waals surface area (Å²) < 4.78 is 0. The summed E-state index contributed by atoms with van der Waals surface area (Å²) in [7, 11) is 0. The molecule has 6 nitrogen and oxygen atoms in total. The molecule has 1 fully saturated rings. The van der Waals surface area contributed by atoms with Crippen molar-refractivity contribution in [3.63, 3.8) is 0 Å². The Morgan fingerprint density at radius 2 is 1.86 bits per heavy atom. The largest absolute Gasteiger partial charge is 0.385 e. The number of benzene rings is 1. The first-order valence-corrected chi connectivity index (χ1v) is 9.50. The van der Waals surface area contributed by atoms with Crippen LogP contribution in [0.15, 0.2) is 67.1 Å². The SMILES string of the molecule is OC1(c2cccnc2)CCN(c2cc(-c3n[nH]c4ccccc34)ccn2)CC1. The van der Waals surface area contributed by atoms with Crippen molar-refractivity contribution in [2.24, 2.45) is 0 Å². The third-order valence-corrected chi connectivity index (χ3v) is 5.60. The Bertz CT molecular complexity index is 1100. The number of anilines is 1. The minimum absolute atomic E-state index is 0.649. The van der Waals surface area contributed by atoms with Crippen molar-refractivity contribution in [3.8, 4) is 11.3 Å². The molecule has 0 atom stereocenters. The molecule has 0 bridgehead atoms. The van der Waals surface area contributed by atoms with E-state index in [4.69, 9.17) is 0 Å². The van der Waals surface area contributed by atoms with Gasteiger partial charge in [-0.2, -0.15) is 5.10 Å². The van der Waals surface area contributed by atoms with Gasteiger partial charge in [0.05, 0.1) is 11.1 Å². The fourth-order valence-corrected chi connectivity index (χ4v) is 3.95. The zero-order valence-corrected chi connectivity index (χ0v) is 15.4. The number of pyridine rings is 2. The van der Waals surface area contributed by atoms with Gasteiger partial charge in [-0.05, 0) is 37.1 Å². The lowest BCUT2D eigenvalue weighted by atomic mass is 9.85. The number of H-pyrrole nitrogens is 1. The summed E-state index contributed by atoms with van der Waals surface area (Å²) in [5.74, 6) is 0.915. The van der Waals surface area contributed by atoms with Crippen molar-refractivity contribution in [1.29, 1.82) is 0 Å². The van der Waals surface area contributed by atoms with Gasteiger partial charge in [0.25, 0.3) is 0 Å². The number of rotatable bonds is 3. The van der Waals surface area contributed by atoms with Crippen LogP contribution in [-0.4, -0.2) is 38.4 Å². The average molecular weight is 371 g/mol. The normalized spacial score (nSPS) is 16.4. The van der Waals surface area contributed by atoms with Crippen molar-refractivity contribution in [1.82, 2.24) is 20.2 Å². The van der Waals surface area contributed by atoms with E-state index in [1.807, 2.05) is 42.6 Å². The van der Waals surface area contributed by atoms with Crippen molar-refractivity contribution in [3.05, 3.63) is 72.7 Å². The Morgan fingerprint density at radius 3 is 2.68 bits per heavy atom. The standard InChI is InChI=1S/C22H21N5O/c28-22(17-4-3-10-23-15-17)8-12-27(13-9-22)20-14-16(7-11-24-20)21-18-5-1-2-6-19(18)25-26-21/h1-7,10-11,14-15,28H,8-9,12-13H2,(H,25,26). The van der Waals surface area contributed by atoms with Crippen LogP contribution in [-0.2, 0) is 5.60 Å². The Kier molecular flexibility index (Phi) is 4.06. The van der Waals surface area contributed by atoms with E-state index in [1.165, 1.54) is 0 Å². The van der Waals surface area contributed by atoms with Crippen molar-refractivity contribution >= 4 is 16.7 Å². The minimum atomic E-state index is -0.819. The van der Waals surface area contributed by atoms with E-state index in [2.05, 4.69) is 37.2 Å². The van der Waals surface area contributed by atoms with Gasteiger partial charge in [0, 0.05) is 48.2 Å². The number of fused-ring (bicyclic) bond motifs is 1. The third-order valence-electron chi connectivity index (χ3n) is 5.60. The topological polar surface area (TPSA) is 77.9 Å². The Morgan fingerprint density at radius 1 is 1.00 bits per heavy atom. The highest BCUT2D eigenvalue weighted by Gasteiger charge is 2.34. The van der Waals surface area contributed by atoms with Gasteiger partial charge < -0.3 is 10.0 Å². The molecule has 0 amide bonds. The molecule has 2 N–H and O–H groups in total. The molecule has 1 aromatic carbocycles. The van der Waals surface area contributed by atoms with Gasteiger partial charge in [0.15, 0.2) is 0 Å². The number of aromatic amines is 1. The molecule has 1 aliphatic rings. The van der Waals surface area contributed by atoms with Gasteiger partial charge in [-0.15, -0.1) is 0 Å². The number of hydrogen-bond donors (Lipinski definition) is 2. The monoisotopic (exact) mass is 371 g/mol. The minimum Gasteiger partial charge on any atom is -0.385 e. The number of nitrogens with one attached hydrogen (secondary N) is 1. The molecule has 0 aliphatic carbocycles. The number of aliphatic hydroxyl groups is 1. The lowest BCUT2D eigenvalue weighted by Crippen LogP contribution is -2.43. The van der Waals surface area contributed by atoms with E-state index in [0.717, 1.165) is 46.6 Å². The molecule has 0 saturated carbocycles. The van der Waals surface area contributed by atoms with Crippen LogP contribution in [0.4, 0.5) is 5.82 Å². The first-order valence-electron chi connectivity index (χ1n) is 9.50. The summed E-state index contributed by atoms with van der Waals surface area (Å²) in [6.45, 7) is 1.48. The van der Waals surface area contributed by atoms with Crippen molar-refractivity contribution in [2.45, 2.75) is 18.4 Å². The first-order chi connectivity index (χ1) is 13.7. The number of aromatic nitrogens is 4. The molecule has 6 heteroatoms. The summed E-state index contributed by atoms with van der Waals surface area (Å²) in [4.78, 5) is 10.9. The van der Waals surface area contributed by atoms with E-state index < -0.39 is 5.60 Å². The molecule has 4 aromatic rings. The Hall–Kier alpha value is -3.25. The van der Waals surface area contributed by atoms with Crippen LogP contribution in [0.25, 0.3) is 22.2 Å². The van der Waals surface area contributed by atoms with Gasteiger partial charge in [0.2, 0.25) is 0 Å². The summed E-state index contributed by atoms with van der Waals surface area (Å²) in [5, 5.41) is 19.7. The van der Waals surface area contributed by atoms with Gasteiger partial charge in [0.1, 0.15) is 11.5 Å². The van der Waals surface area contributed by atoms with Crippen LogP contribution in [0.5, 0.6) is 0 Å². The average Bonchev–Trinajstić information content (AvgIpc) is 3.19. The molecule has 0 unspecified atom stereocenters. The van der Waals surface area contributed by atoms with E-state index in [1.54, 1.807) is 12.4 Å². The maximum atomic E-state index is 11.0. The zero-order chi connectivity index (χ0) is 19.0. The molecule has 5 rings (SSSR count). The highest BCUT2D eigenvalue weighted by Crippen LogP contribution is 2.34. The second-order valence-electron chi connectivity index (χ2n) is 7.28. The fourth-order valence-electron chi connectivity index (χ4n) is 3.95. The molecular weight excluding hydrogens is 350 g/mol. The molecule has 1 aliphatic heterocycles. The molecule has 1 saturated heterocycles. The fraction of sp³-hybridized carbons (Fsp3) is 0.227. The van der Waals surface area contributed by atoms with E-state index >= 15 is 0 Å². The summed E-state index contributed by atoms with van der Waals surface area (Å²) in [5.41, 5.74) is 3.06. The molecule has 0 spiro atoms. The predicted molar refractivity (Wildman–Crippen MR) is 109 cm³/mol. The van der Waals surface area contributed by atoms with E-state index in [9.17, 15) is 5.11 Å². The summed E-state index contributed by atoms with van der Waals surface area (Å²) >= 11 is 0. The molecule has 4 heterocycles. The van der Waals surface area contributed by atoms with Crippen LogP contribution in [0.1, 0.15) is 18.4 Å². The smallest absolute Gasteiger partial charge is 0.129 e. The molecule has 140 valence electrons. The predicted octanol–water partition coefficient (Wildman–Crippen LogP) is 3.51. The highest BCUT2D eigenvalue weighted by atomic mass is 16.3. The van der Waals surface area contributed by atoms with Crippen LogP contribution < -0.4 is 4.90 Å². The second-order valence-corrected chi connectivity index (χ2v) is 7.28. The van der Waals surface area contributed by atoms with Crippen molar-refractivity contribution in [2.75, 3.05) is 18.0 Å². The van der Waals surface area contributed by atoms with Crippen LogP contribution in [0, 0.1) is 0 Å². The van der Waals surface area contributed by atoms with E-state index in [0.29, 0.717) is 12.8 Å². The summed E-state index contributed by atoms with van der Waals surface area (Å²) in [6.07, 6.45) is 6.62. The van der Waals surface area contributed by atoms with Crippen LogP contribution >= 0.6 is 0 Å². The number of nitrogens with zero attached hydrogens (tertiary/aromatic N) is 4. The second kappa shape index (κ2) is 6.73. The molecular formula is C22H21N5O. The Balaban J connectivity index is 1.39. The van der Waals surface area contributed by atoms with E-state index in [-0.39, 0.29) is 0 Å². The van der Waals surface area contributed by atoms with Gasteiger partial charge >= 0.3 is 0 Å². The molecule has 0 radical (unpaired) electrons. The van der Waals surface area contributed by atoms with Gasteiger partial charge in [-0.3, -0.25) is 10.1 Å². The van der Waals surface area contributed by atoms with Gasteiger partial charge in [-0.1, -0.05) is 24.3 Å². The zero-order valence-electron chi connectivity index (χ0n) is 15.4. The van der Waals surface area contributed by atoms with Crippen LogP contribution in [0.3, 0.4) is 0 Å².